The normalized spacial score (nSPS) is 10.9. The molecule has 0 aliphatic carbocycles. The van der Waals surface area contributed by atoms with E-state index in [9.17, 15) is 9.59 Å². The minimum Gasteiger partial charge on any atom is -0.497 e. The highest BCUT2D eigenvalue weighted by molar-refractivity contribution is 7.24. The predicted octanol–water partition coefficient (Wildman–Crippen LogP) is 1.70. The van der Waals surface area contributed by atoms with Gasteiger partial charge in [0.15, 0.2) is 0 Å². The number of fused-ring (bicyclic) bond motifs is 3. The van der Waals surface area contributed by atoms with Crippen LogP contribution in [-0.2, 0) is 4.74 Å². The monoisotopic (exact) mass is 290 g/mol. The molecule has 0 amide bonds. The molecule has 3 rings (SSSR count). The second-order valence-electron chi connectivity index (χ2n) is 4.02. The van der Waals surface area contributed by atoms with Crippen LogP contribution in [0.15, 0.2) is 29.2 Å². The Labute approximate surface area is 117 Å². The van der Waals surface area contributed by atoms with E-state index in [1.807, 2.05) is 6.07 Å². The lowest BCUT2D eigenvalue weighted by atomic mass is 10.3. The topological polar surface area (TPSA) is 69.9 Å². The Balaban J connectivity index is 2.45. The molecule has 102 valence electrons. The van der Waals surface area contributed by atoms with Crippen molar-refractivity contribution in [2.24, 2.45) is 0 Å². The van der Waals surface area contributed by atoms with Crippen LogP contribution < -0.4 is 10.4 Å². The molecule has 0 atom stereocenters. The van der Waals surface area contributed by atoms with Gasteiger partial charge in [-0.15, -0.1) is 11.3 Å². The van der Waals surface area contributed by atoms with Gasteiger partial charge < -0.3 is 9.47 Å². The maximum atomic E-state index is 11.9. The first-order chi connectivity index (χ1) is 9.65. The van der Waals surface area contributed by atoms with Gasteiger partial charge >= 0.3 is 11.7 Å². The van der Waals surface area contributed by atoms with Crippen LogP contribution >= 0.6 is 11.3 Å². The van der Waals surface area contributed by atoms with Crippen LogP contribution in [0.5, 0.6) is 5.75 Å². The average molecular weight is 290 g/mol. The smallest absolute Gasteiger partial charge is 0.353 e. The van der Waals surface area contributed by atoms with Crippen molar-refractivity contribution < 1.29 is 14.3 Å². The van der Waals surface area contributed by atoms with E-state index in [4.69, 9.17) is 9.47 Å². The molecule has 0 radical (unpaired) electrons. The molecule has 0 spiro atoms. The predicted molar refractivity (Wildman–Crippen MR) is 74.7 cm³/mol. The van der Waals surface area contributed by atoms with Crippen LogP contribution in [0.1, 0.15) is 10.4 Å². The van der Waals surface area contributed by atoms with Crippen LogP contribution in [0.25, 0.3) is 15.0 Å². The van der Waals surface area contributed by atoms with E-state index < -0.39 is 11.7 Å². The standard InChI is InChI=1S/C13H10N2O4S/c1-18-7-3-4-9-10(5-7)20-11-8(12(16)19-2)6-14-13(17)15(9)11/h3-6H,1-2H3. The zero-order valence-electron chi connectivity index (χ0n) is 10.7. The quantitative estimate of drug-likeness (QED) is 0.672. The van der Waals surface area contributed by atoms with Crippen molar-refractivity contribution in [3.05, 3.63) is 40.4 Å². The second kappa shape index (κ2) is 4.61. The van der Waals surface area contributed by atoms with Gasteiger partial charge in [-0.2, -0.15) is 0 Å². The lowest BCUT2D eigenvalue weighted by molar-refractivity contribution is 0.0602. The van der Waals surface area contributed by atoms with Crippen molar-refractivity contribution in [2.75, 3.05) is 14.2 Å². The van der Waals surface area contributed by atoms with Crippen molar-refractivity contribution in [1.82, 2.24) is 9.38 Å². The maximum absolute atomic E-state index is 11.9. The fourth-order valence-electron chi connectivity index (χ4n) is 2.00. The van der Waals surface area contributed by atoms with E-state index in [2.05, 4.69) is 4.98 Å². The molecule has 0 bridgehead atoms. The largest absolute Gasteiger partial charge is 0.497 e. The van der Waals surface area contributed by atoms with Gasteiger partial charge in [0.25, 0.3) is 0 Å². The van der Waals surface area contributed by atoms with Gasteiger partial charge in [-0.3, -0.25) is 0 Å². The van der Waals surface area contributed by atoms with Gasteiger partial charge in [0.05, 0.1) is 30.6 Å². The lowest BCUT2D eigenvalue weighted by Gasteiger charge is -2.00. The van der Waals surface area contributed by atoms with Gasteiger partial charge in [0.1, 0.15) is 16.1 Å². The number of hydrogen-bond donors (Lipinski definition) is 0. The number of carbonyl (C=O) groups excluding carboxylic acids is 1. The molecule has 0 N–H and O–H groups in total. The van der Waals surface area contributed by atoms with E-state index in [0.717, 1.165) is 4.70 Å². The molecule has 3 aromatic rings. The SMILES string of the molecule is COC(=O)c1cnc(=O)n2c1sc1cc(OC)ccc12. The van der Waals surface area contributed by atoms with Gasteiger partial charge in [-0.25, -0.2) is 19.0 Å². The van der Waals surface area contributed by atoms with Crippen molar-refractivity contribution >= 4 is 32.4 Å². The summed E-state index contributed by atoms with van der Waals surface area (Å²) in [5, 5.41) is 0. The highest BCUT2D eigenvalue weighted by atomic mass is 32.1. The van der Waals surface area contributed by atoms with Crippen molar-refractivity contribution in [1.29, 1.82) is 0 Å². The number of benzene rings is 1. The molecule has 0 saturated carbocycles. The fourth-order valence-corrected chi connectivity index (χ4v) is 3.16. The zero-order chi connectivity index (χ0) is 14.3. The number of ether oxygens (including phenoxy) is 2. The highest BCUT2D eigenvalue weighted by Crippen LogP contribution is 2.30. The van der Waals surface area contributed by atoms with Crippen LogP contribution in [-0.4, -0.2) is 29.6 Å². The summed E-state index contributed by atoms with van der Waals surface area (Å²) < 4.78 is 12.1. The Morgan fingerprint density at radius 1 is 1.35 bits per heavy atom. The van der Waals surface area contributed by atoms with Crippen LogP contribution in [0.4, 0.5) is 0 Å². The molecule has 0 unspecified atom stereocenters. The number of carbonyl (C=O) groups is 1. The Bertz CT molecular complexity index is 881. The van der Waals surface area contributed by atoms with Gasteiger partial charge in [0, 0.05) is 0 Å². The summed E-state index contributed by atoms with van der Waals surface area (Å²) in [4.78, 5) is 27.9. The third-order valence-electron chi connectivity index (χ3n) is 2.95. The first-order valence-corrected chi connectivity index (χ1v) is 6.54. The first kappa shape index (κ1) is 12.6. The number of nitrogens with zero attached hydrogens (tertiary/aromatic N) is 2. The van der Waals surface area contributed by atoms with Gasteiger partial charge in [-0.1, -0.05) is 0 Å². The maximum Gasteiger partial charge on any atom is 0.353 e. The van der Waals surface area contributed by atoms with Crippen LogP contribution in [0, 0.1) is 0 Å². The molecule has 0 aliphatic rings. The molecular weight excluding hydrogens is 280 g/mol. The summed E-state index contributed by atoms with van der Waals surface area (Å²) in [6.45, 7) is 0. The second-order valence-corrected chi connectivity index (χ2v) is 5.05. The fraction of sp³-hybridized carbons (Fsp3) is 0.154. The molecule has 0 aliphatic heterocycles. The first-order valence-electron chi connectivity index (χ1n) is 5.72. The third kappa shape index (κ3) is 1.75. The van der Waals surface area contributed by atoms with Crippen molar-refractivity contribution in [3.8, 4) is 5.75 Å². The average Bonchev–Trinajstić information content (AvgIpc) is 2.85. The van der Waals surface area contributed by atoms with E-state index in [-0.39, 0.29) is 5.56 Å². The summed E-state index contributed by atoms with van der Waals surface area (Å²) >= 11 is 1.32. The minimum atomic E-state index is -0.520. The summed E-state index contributed by atoms with van der Waals surface area (Å²) in [5.41, 5.74) is 0.533. The molecule has 6 nitrogen and oxygen atoms in total. The third-order valence-corrected chi connectivity index (χ3v) is 4.09. The Hall–Kier alpha value is -2.41. The van der Waals surface area contributed by atoms with Crippen molar-refractivity contribution in [2.45, 2.75) is 0 Å². The summed E-state index contributed by atoms with van der Waals surface area (Å²) in [6.07, 6.45) is 1.25. The van der Waals surface area contributed by atoms with E-state index >= 15 is 0 Å². The molecule has 2 aromatic heterocycles. The van der Waals surface area contributed by atoms with Crippen LogP contribution in [0.3, 0.4) is 0 Å². The minimum absolute atomic E-state index is 0.271. The molecule has 0 fully saturated rings. The number of aromatic nitrogens is 2. The van der Waals surface area contributed by atoms with Gasteiger partial charge in [0.2, 0.25) is 0 Å². The van der Waals surface area contributed by atoms with Crippen molar-refractivity contribution in [3.63, 3.8) is 0 Å². The molecule has 20 heavy (non-hydrogen) atoms. The molecule has 0 saturated heterocycles. The Morgan fingerprint density at radius 3 is 2.85 bits per heavy atom. The highest BCUT2D eigenvalue weighted by Gasteiger charge is 2.17. The summed E-state index contributed by atoms with van der Waals surface area (Å²) in [7, 11) is 2.86. The molecule has 2 heterocycles. The zero-order valence-corrected chi connectivity index (χ0v) is 11.6. The number of esters is 1. The number of thiazole rings is 1. The number of hydrogen-bond acceptors (Lipinski definition) is 6. The summed E-state index contributed by atoms with van der Waals surface area (Å²) in [6, 6.07) is 5.33. The van der Waals surface area contributed by atoms with Gasteiger partial charge in [-0.05, 0) is 18.2 Å². The Morgan fingerprint density at radius 2 is 2.15 bits per heavy atom. The lowest BCUT2D eigenvalue weighted by Crippen LogP contribution is -2.18. The number of methoxy groups -OCH3 is 2. The van der Waals surface area contributed by atoms with E-state index in [1.165, 1.54) is 29.0 Å². The van der Waals surface area contributed by atoms with Crippen LogP contribution in [0.2, 0.25) is 0 Å². The molecule has 1 aromatic carbocycles. The molecular formula is C13H10N2O4S. The summed E-state index contributed by atoms with van der Waals surface area (Å²) in [5.74, 6) is 0.165. The Kier molecular flexibility index (Phi) is 2.90. The van der Waals surface area contributed by atoms with E-state index in [0.29, 0.717) is 16.1 Å². The number of rotatable bonds is 2. The van der Waals surface area contributed by atoms with E-state index in [1.54, 1.807) is 19.2 Å². The molecule has 7 heteroatoms.